The van der Waals surface area contributed by atoms with E-state index in [2.05, 4.69) is 5.32 Å². The molecule has 4 nitrogen and oxygen atoms in total. The number of thioether (sulfide) groups is 1. The second-order valence-electron chi connectivity index (χ2n) is 4.18. The molecule has 17 heavy (non-hydrogen) atoms. The summed E-state index contributed by atoms with van der Waals surface area (Å²) >= 11 is 1.97. The van der Waals surface area contributed by atoms with Gasteiger partial charge in [-0.15, -0.1) is 0 Å². The van der Waals surface area contributed by atoms with Crippen LogP contribution < -0.4 is 10.5 Å². The number of anilines is 1. The lowest BCUT2D eigenvalue weighted by molar-refractivity contribution is 0.597. The number of hydrogen-bond acceptors (Lipinski definition) is 4. The first-order valence-corrected chi connectivity index (χ1v) is 8.20. The van der Waals surface area contributed by atoms with Crippen LogP contribution in [0.5, 0.6) is 0 Å². The van der Waals surface area contributed by atoms with E-state index in [1.54, 1.807) is 12.1 Å². The van der Waals surface area contributed by atoms with Gasteiger partial charge in [-0.1, -0.05) is 6.07 Å². The van der Waals surface area contributed by atoms with Gasteiger partial charge in [-0.2, -0.15) is 11.8 Å². The Morgan fingerprint density at radius 3 is 2.94 bits per heavy atom. The van der Waals surface area contributed by atoms with Crippen LogP contribution in [0.3, 0.4) is 0 Å². The van der Waals surface area contributed by atoms with Crippen molar-refractivity contribution in [3.05, 3.63) is 24.3 Å². The Labute approximate surface area is 106 Å². The molecule has 1 aliphatic heterocycles. The molecular weight excluding hydrogens is 256 g/mol. The molecule has 1 heterocycles. The number of nitrogens with two attached hydrogens (primary N) is 1. The Hall–Kier alpha value is -0.720. The van der Waals surface area contributed by atoms with Gasteiger partial charge in [0.15, 0.2) is 0 Å². The zero-order valence-corrected chi connectivity index (χ0v) is 11.1. The van der Waals surface area contributed by atoms with Gasteiger partial charge in [0.25, 0.3) is 0 Å². The summed E-state index contributed by atoms with van der Waals surface area (Å²) in [7, 11) is -3.61. The fourth-order valence-corrected chi connectivity index (χ4v) is 3.63. The fraction of sp³-hybridized carbons (Fsp3) is 0.455. The Morgan fingerprint density at radius 2 is 2.29 bits per heavy atom. The first-order valence-electron chi connectivity index (χ1n) is 5.50. The summed E-state index contributed by atoms with van der Waals surface area (Å²) in [6.45, 7) is 0.890. The summed E-state index contributed by atoms with van der Waals surface area (Å²) in [5.41, 5.74) is 0.813. The number of primary sulfonamides is 1. The molecule has 0 saturated carbocycles. The second-order valence-corrected chi connectivity index (χ2v) is 6.89. The highest BCUT2D eigenvalue weighted by Gasteiger charge is 2.15. The molecule has 1 atom stereocenters. The number of sulfonamides is 1. The van der Waals surface area contributed by atoms with Crippen molar-refractivity contribution in [1.82, 2.24) is 0 Å². The molecule has 1 fully saturated rings. The maximum Gasteiger partial charge on any atom is 0.238 e. The molecule has 0 bridgehead atoms. The third-order valence-electron chi connectivity index (χ3n) is 2.78. The average molecular weight is 272 g/mol. The van der Waals surface area contributed by atoms with Crippen LogP contribution in [-0.4, -0.2) is 26.5 Å². The predicted molar refractivity (Wildman–Crippen MR) is 71.7 cm³/mol. The molecule has 1 aromatic carbocycles. The van der Waals surface area contributed by atoms with Gasteiger partial charge in [0.1, 0.15) is 0 Å². The van der Waals surface area contributed by atoms with E-state index in [-0.39, 0.29) is 4.90 Å². The van der Waals surface area contributed by atoms with Crippen LogP contribution in [-0.2, 0) is 10.0 Å². The summed E-state index contributed by atoms with van der Waals surface area (Å²) in [5.74, 6) is 3.09. The third kappa shape index (κ3) is 3.62. The van der Waals surface area contributed by atoms with Gasteiger partial charge in [0.2, 0.25) is 10.0 Å². The second kappa shape index (κ2) is 5.29. The Kier molecular flexibility index (Phi) is 3.96. The van der Waals surface area contributed by atoms with Crippen molar-refractivity contribution in [3.8, 4) is 0 Å². The van der Waals surface area contributed by atoms with Crippen molar-refractivity contribution in [1.29, 1.82) is 0 Å². The van der Waals surface area contributed by atoms with Crippen LogP contribution >= 0.6 is 11.8 Å². The van der Waals surface area contributed by atoms with Crippen molar-refractivity contribution in [2.24, 2.45) is 11.1 Å². The summed E-state index contributed by atoms with van der Waals surface area (Å²) in [5, 5.41) is 8.35. The maximum absolute atomic E-state index is 11.2. The summed E-state index contributed by atoms with van der Waals surface area (Å²) in [6, 6.07) is 6.64. The van der Waals surface area contributed by atoms with E-state index < -0.39 is 10.0 Å². The number of rotatable bonds is 4. The molecule has 0 spiro atoms. The highest BCUT2D eigenvalue weighted by Crippen LogP contribution is 2.24. The molecule has 94 valence electrons. The largest absolute Gasteiger partial charge is 0.385 e. The van der Waals surface area contributed by atoms with E-state index in [4.69, 9.17) is 5.14 Å². The number of benzene rings is 1. The Bertz CT molecular complexity index is 482. The Balaban J connectivity index is 2.01. The monoisotopic (exact) mass is 272 g/mol. The first-order chi connectivity index (χ1) is 8.05. The van der Waals surface area contributed by atoms with Gasteiger partial charge in [0.05, 0.1) is 4.90 Å². The molecule has 3 N–H and O–H groups in total. The van der Waals surface area contributed by atoms with Crippen molar-refractivity contribution >= 4 is 27.5 Å². The highest BCUT2D eigenvalue weighted by molar-refractivity contribution is 7.99. The van der Waals surface area contributed by atoms with E-state index in [0.29, 0.717) is 5.92 Å². The van der Waals surface area contributed by atoms with Crippen molar-refractivity contribution in [2.45, 2.75) is 11.3 Å². The van der Waals surface area contributed by atoms with Gasteiger partial charge >= 0.3 is 0 Å². The van der Waals surface area contributed by atoms with Crippen LogP contribution in [0.15, 0.2) is 29.2 Å². The lowest BCUT2D eigenvalue weighted by Crippen LogP contribution is -2.15. The van der Waals surface area contributed by atoms with Gasteiger partial charge < -0.3 is 5.32 Å². The van der Waals surface area contributed by atoms with Crippen molar-refractivity contribution in [3.63, 3.8) is 0 Å². The SMILES string of the molecule is NS(=O)(=O)c1cccc(NCC2CCSC2)c1. The lowest BCUT2D eigenvalue weighted by atomic mass is 10.1. The van der Waals surface area contributed by atoms with Crippen molar-refractivity contribution in [2.75, 3.05) is 23.4 Å². The van der Waals surface area contributed by atoms with Crippen LogP contribution in [0, 0.1) is 5.92 Å². The normalized spacial score (nSPS) is 20.4. The molecule has 1 saturated heterocycles. The van der Waals surface area contributed by atoms with Gasteiger partial charge in [0, 0.05) is 12.2 Å². The quantitative estimate of drug-likeness (QED) is 0.871. The standard InChI is InChI=1S/C11H16N2O2S2/c12-17(14,15)11-3-1-2-10(6-11)13-7-9-4-5-16-8-9/h1-3,6,9,13H,4-5,7-8H2,(H2,12,14,15). The lowest BCUT2D eigenvalue weighted by Gasteiger charge is -2.11. The highest BCUT2D eigenvalue weighted by atomic mass is 32.2. The van der Waals surface area contributed by atoms with Crippen LogP contribution in [0.1, 0.15) is 6.42 Å². The van der Waals surface area contributed by atoms with E-state index in [9.17, 15) is 8.42 Å². The van der Waals surface area contributed by atoms with Crippen molar-refractivity contribution < 1.29 is 8.42 Å². The minimum atomic E-state index is -3.61. The van der Waals surface area contributed by atoms with E-state index in [0.717, 1.165) is 12.2 Å². The molecule has 0 amide bonds. The van der Waals surface area contributed by atoms with Gasteiger partial charge in [-0.05, 0) is 42.0 Å². The fourth-order valence-electron chi connectivity index (χ4n) is 1.79. The zero-order chi connectivity index (χ0) is 12.3. The topological polar surface area (TPSA) is 72.2 Å². The first kappa shape index (κ1) is 12.7. The molecule has 1 aromatic rings. The maximum atomic E-state index is 11.2. The van der Waals surface area contributed by atoms with Crippen LogP contribution in [0.25, 0.3) is 0 Å². The van der Waals surface area contributed by atoms with Crippen LogP contribution in [0.2, 0.25) is 0 Å². The van der Waals surface area contributed by atoms with E-state index >= 15 is 0 Å². The molecule has 1 aliphatic rings. The molecule has 0 aromatic heterocycles. The smallest absolute Gasteiger partial charge is 0.238 e. The van der Waals surface area contributed by atoms with Crippen LogP contribution in [0.4, 0.5) is 5.69 Å². The minimum Gasteiger partial charge on any atom is -0.385 e. The predicted octanol–water partition coefficient (Wildman–Crippen LogP) is 1.50. The van der Waals surface area contributed by atoms with Gasteiger partial charge in [-0.3, -0.25) is 0 Å². The van der Waals surface area contributed by atoms with E-state index in [1.807, 2.05) is 17.8 Å². The third-order valence-corrected chi connectivity index (χ3v) is 4.92. The number of nitrogens with one attached hydrogen (secondary N) is 1. The summed E-state index contributed by atoms with van der Waals surface area (Å²) in [6.07, 6.45) is 1.23. The van der Waals surface area contributed by atoms with E-state index in [1.165, 1.54) is 24.0 Å². The number of hydrogen-bond donors (Lipinski definition) is 2. The Morgan fingerprint density at radius 1 is 1.47 bits per heavy atom. The summed E-state index contributed by atoms with van der Waals surface area (Å²) < 4.78 is 22.4. The zero-order valence-electron chi connectivity index (χ0n) is 9.43. The van der Waals surface area contributed by atoms with Gasteiger partial charge in [-0.25, -0.2) is 13.6 Å². The molecule has 0 aliphatic carbocycles. The summed E-state index contributed by atoms with van der Waals surface area (Å²) in [4.78, 5) is 0.156. The molecule has 6 heteroatoms. The molecular formula is C11H16N2O2S2. The molecule has 1 unspecified atom stereocenters. The average Bonchev–Trinajstić information content (AvgIpc) is 2.78. The minimum absolute atomic E-state index is 0.156. The molecule has 2 rings (SSSR count). The molecule has 0 radical (unpaired) electrons.